The predicted octanol–water partition coefficient (Wildman–Crippen LogP) is 4.51. The summed E-state index contributed by atoms with van der Waals surface area (Å²) in [7, 11) is 2.09. The van der Waals surface area contributed by atoms with Gasteiger partial charge in [-0.15, -0.1) is 0 Å². The van der Waals surface area contributed by atoms with Gasteiger partial charge >= 0.3 is 0 Å². The van der Waals surface area contributed by atoms with Crippen molar-refractivity contribution in [3.8, 4) is 11.3 Å². The van der Waals surface area contributed by atoms with Crippen molar-refractivity contribution in [3.05, 3.63) is 71.2 Å². The van der Waals surface area contributed by atoms with E-state index in [1.165, 1.54) is 5.56 Å². The lowest BCUT2D eigenvalue weighted by Crippen LogP contribution is -2.63. The summed E-state index contributed by atoms with van der Waals surface area (Å²) >= 11 is 0. The fourth-order valence-electron chi connectivity index (χ4n) is 6.32. The number of nitrogens with one attached hydrogen (secondary N) is 1. The highest BCUT2D eigenvalue weighted by Crippen LogP contribution is 2.50. The van der Waals surface area contributed by atoms with E-state index >= 15 is 0 Å². The molecule has 2 N–H and O–H groups in total. The second-order valence-electron chi connectivity index (χ2n) is 11.7. The van der Waals surface area contributed by atoms with Gasteiger partial charge in [-0.25, -0.2) is 0 Å². The van der Waals surface area contributed by atoms with Gasteiger partial charge < -0.3 is 14.9 Å². The van der Waals surface area contributed by atoms with Crippen molar-refractivity contribution in [2.75, 3.05) is 33.2 Å². The number of rotatable bonds is 6. The van der Waals surface area contributed by atoms with E-state index in [4.69, 9.17) is 0 Å². The van der Waals surface area contributed by atoms with E-state index in [1.54, 1.807) is 13.1 Å². The largest absolute Gasteiger partial charge is 0.380 e. The molecule has 0 radical (unpaired) electrons. The number of carbonyl (C=O) groups excluding carboxylic acids is 1. The van der Waals surface area contributed by atoms with Crippen LogP contribution in [0.5, 0.6) is 0 Å². The van der Waals surface area contributed by atoms with Crippen molar-refractivity contribution in [1.29, 1.82) is 0 Å². The first kappa shape index (κ1) is 25.6. The quantitative estimate of drug-likeness (QED) is 0.519. The Kier molecular flexibility index (Phi) is 6.71. The number of pyridine rings is 1. The van der Waals surface area contributed by atoms with Crippen LogP contribution in [0.4, 0.5) is 0 Å². The Morgan fingerprint density at radius 3 is 2.38 bits per heavy atom. The molecule has 0 unspecified atom stereocenters. The van der Waals surface area contributed by atoms with Gasteiger partial charge in [-0.05, 0) is 49.1 Å². The molecule has 4 heterocycles. The molecule has 5 rings (SSSR count). The molecular weight excluding hydrogens is 462 g/mol. The Bertz CT molecular complexity index is 1250. The molecule has 0 saturated carbocycles. The maximum absolute atomic E-state index is 12.5. The summed E-state index contributed by atoms with van der Waals surface area (Å²) in [6.07, 6.45) is 5.47. The summed E-state index contributed by atoms with van der Waals surface area (Å²) in [5.41, 5.74) is 4.22. The van der Waals surface area contributed by atoms with Crippen LogP contribution in [0.3, 0.4) is 0 Å². The number of piperidine rings is 1. The highest BCUT2D eigenvalue weighted by Gasteiger charge is 2.55. The summed E-state index contributed by atoms with van der Waals surface area (Å²) < 4.78 is 0. The SMILES string of the molecule is CC(=O)N1CCC(c2cc(-c3cncc([C@@](O)(c4ccc(C(C)C)cc4)C4(C)CN(C)C4)c3)n[nH]2)CC1. The van der Waals surface area contributed by atoms with Gasteiger partial charge in [0, 0.05) is 73.7 Å². The summed E-state index contributed by atoms with van der Waals surface area (Å²) in [4.78, 5) is 20.4. The minimum atomic E-state index is -1.18. The van der Waals surface area contributed by atoms with Crippen LogP contribution in [-0.2, 0) is 10.4 Å². The molecule has 7 nitrogen and oxygen atoms in total. The lowest BCUT2D eigenvalue weighted by Gasteiger charge is -2.55. The van der Waals surface area contributed by atoms with E-state index in [9.17, 15) is 9.90 Å². The molecule has 7 heteroatoms. The van der Waals surface area contributed by atoms with Crippen molar-refractivity contribution >= 4 is 5.91 Å². The number of aromatic amines is 1. The first-order valence-corrected chi connectivity index (χ1v) is 13.4. The molecular formula is C30H39N5O2. The van der Waals surface area contributed by atoms with Gasteiger partial charge in [0.1, 0.15) is 5.60 Å². The third-order valence-corrected chi connectivity index (χ3v) is 8.54. The van der Waals surface area contributed by atoms with Crippen LogP contribution in [-0.4, -0.2) is 69.2 Å². The number of carbonyl (C=O) groups is 1. The third-order valence-electron chi connectivity index (χ3n) is 8.54. The van der Waals surface area contributed by atoms with Crippen LogP contribution >= 0.6 is 0 Å². The minimum Gasteiger partial charge on any atom is -0.380 e. The second-order valence-corrected chi connectivity index (χ2v) is 11.7. The van der Waals surface area contributed by atoms with Crippen molar-refractivity contribution < 1.29 is 9.90 Å². The molecule has 196 valence electrons. The van der Waals surface area contributed by atoms with Gasteiger partial charge in [0.15, 0.2) is 0 Å². The van der Waals surface area contributed by atoms with Gasteiger partial charge in [0.2, 0.25) is 5.91 Å². The zero-order valence-electron chi connectivity index (χ0n) is 22.7. The number of hydrogen-bond donors (Lipinski definition) is 2. The number of benzene rings is 1. The van der Waals surface area contributed by atoms with E-state index in [1.807, 2.05) is 17.2 Å². The van der Waals surface area contributed by atoms with Crippen LogP contribution in [0, 0.1) is 5.41 Å². The van der Waals surface area contributed by atoms with Crippen LogP contribution in [0.25, 0.3) is 11.3 Å². The average Bonchev–Trinajstić information content (AvgIpc) is 3.38. The Morgan fingerprint density at radius 1 is 1.11 bits per heavy atom. The molecule has 0 bridgehead atoms. The summed E-state index contributed by atoms with van der Waals surface area (Å²) in [6, 6.07) is 12.6. The van der Waals surface area contributed by atoms with Gasteiger partial charge in [0.25, 0.3) is 0 Å². The lowest BCUT2D eigenvalue weighted by atomic mass is 9.62. The van der Waals surface area contributed by atoms with E-state index in [0.717, 1.165) is 67.1 Å². The van der Waals surface area contributed by atoms with Crippen molar-refractivity contribution in [2.45, 2.75) is 58.0 Å². The fourth-order valence-corrected chi connectivity index (χ4v) is 6.32. The number of aliphatic hydroxyl groups is 1. The van der Waals surface area contributed by atoms with E-state index in [2.05, 4.69) is 78.2 Å². The molecule has 2 aliphatic heterocycles. The number of amides is 1. The topological polar surface area (TPSA) is 85.3 Å². The van der Waals surface area contributed by atoms with Crippen molar-refractivity contribution in [1.82, 2.24) is 25.0 Å². The van der Waals surface area contributed by atoms with Gasteiger partial charge in [-0.2, -0.15) is 5.10 Å². The maximum Gasteiger partial charge on any atom is 0.219 e. The number of H-pyrrole nitrogens is 1. The zero-order chi connectivity index (χ0) is 26.4. The van der Waals surface area contributed by atoms with Gasteiger partial charge in [-0.1, -0.05) is 45.0 Å². The molecule has 2 aromatic heterocycles. The normalized spacial score (nSPS) is 20.0. The molecule has 1 amide bonds. The number of aromatic nitrogens is 3. The van der Waals surface area contributed by atoms with Crippen LogP contribution in [0.15, 0.2) is 48.8 Å². The molecule has 0 spiro atoms. The number of hydrogen-bond acceptors (Lipinski definition) is 5. The molecule has 2 fully saturated rings. The fraction of sp³-hybridized carbons (Fsp3) is 0.500. The Hall–Kier alpha value is -3.03. The smallest absolute Gasteiger partial charge is 0.219 e. The standard InChI is InChI=1S/C30H39N5O2/c1-20(2)22-6-8-25(9-7-22)30(37,29(4)18-34(5)19-29)26-14-24(16-31-17-26)28-15-27(32-33-28)23-10-12-35(13-11-23)21(3)36/h6-9,14-17,20,23,37H,10-13,18-19H2,1-5H3,(H,32,33)/t30-/m0/s1. The van der Waals surface area contributed by atoms with Crippen LogP contribution in [0.1, 0.15) is 74.8 Å². The molecule has 2 aliphatic rings. The molecule has 37 heavy (non-hydrogen) atoms. The second kappa shape index (κ2) is 9.69. The van der Waals surface area contributed by atoms with Crippen molar-refractivity contribution in [3.63, 3.8) is 0 Å². The van der Waals surface area contributed by atoms with Crippen LogP contribution < -0.4 is 0 Å². The maximum atomic E-state index is 12.5. The highest BCUT2D eigenvalue weighted by molar-refractivity contribution is 5.73. The predicted molar refractivity (Wildman–Crippen MR) is 145 cm³/mol. The third kappa shape index (κ3) is 4.59. The number of nitrogens with zero attached hydrogens (tertiary/aromatic N) is 4. The summed E-state index contributed by atoms with van der Waals surface area (Å²) in [5.74, 6) is 0.930. The van der Waals surface area contributed by atoms with Crippen LogP contribution in [0.2, 0.25) is 0 Å². The van der Waals surface area contributed by atoms with E-state index in [0.29, 0.717) is 11.8 Å². The Balaban J connectivity index is 1.46. The molecule has 2 saturated heterocycles. The molecule has 1 aromatic carbocycles. The first-order valence-electron chi connectivity index (χ1n) is 13.4. The average molecular weight is 502 g/mol. The number of likely N-dealkylation sites (tertiary alicyclic amines) is 2. The highest BCUT2D eigenvalue weighted by atomic mass is 16.3. The summed E-state index contributed by atoms with van der Waals surface area (Å²) in [6.45, 7) is 11.3. The first-order chi connectivity index (χ1) is 17.6. The summed E-state index contributed by atoms with van der Waals surface area (Å²) in [5, 5.41) is 20.4. The Morgan fingerprint density at radius 2 is 1.78 bits per heavy atom. The van der Waals surface area contributed by atoms with Gasteiger partial charge in [0.05, 0.1) is 5.69 Å². The molecule has 1 atom stereocenters. The Labute approximate surface area is 219 Å². The monoisotopic (exact) mass is 501 g/mol. The lowest BCUT2D eigenvalue weighted by molar-refractivity contribution is -0.129. The molecule has 3 aromatic rings. The van der Waals surface area contributed by atoms with E-state index < -0.39 is 5.60 Å². The zero-order valence-corrected chi connectivity index (χ0v) is 22.7. The van der Waals surface area contributed by atoms with Gasteiger partial charge in [-0.3, -0.25) is 14.9 Å². The molecule has 0 aliphatic carbocycles. The van der Waals surface area contributed by atoms with E-state index in [-0.39, 0.29) is 11.3 Å². The minimum absolute atomic E-state index is 0.143. The van der Waals surface area contributed by atoms with Crippen molar-refractivity contribution in [2.24, 2.45) is 5.41 Å².